The predicted octanol–water partition coefficient (Wildman–Crippen LogP) is -0.296. The minimum atomic E-state index is -0.469. The van der Waals surface area contributed by atoms with E-state index in [-0.39, 0.29) is 5.91 Å². The number of anilines is 1. The smallest absolute Gasteiger partial charge is 0.248 e. The maximum Gasteiger partial charge on any atom is 0.248 e. The van der Waals surface area contributed by atoms with E-state index in [1.165, 1.54) is 6.42 Å². The molecule has 7 heteroatoms. The van der Waals surface area contributed by atoms with E-state index < -0.39 is 5.91 Å². The molecule has 24 heavy (non-hydrogen) atoms. The summed E-state index contributed by atoms with van der Waals surface area (Å²) >= 11 is 0. The van der Waals surface area contributed by atoms with Crippen molar-refractivity contribution in [3.63, 3.8) is 0 Å². The van der Waals surface area contributed by atoms with E-state index >= 15 is 0 Å². The minimum absolute atomic E-state index is 0.0298. The lowest BCUT2D eigenvalue weighted by Crippen LogP contribution is -2.52. The molecule has 0 aromatic heterocycles. The van der Waals surface area contributed by atoms with E-state index in [0.717, 1.165) is 39.3 Å². The highest BCUT2D eigenvalue weighted by Crippen LogP contribution is 2.13. The Bertz CT molecular complexity index is 575. The number of hydrogen-bond acceptors (Lipinski definition) is 5. The molecule has 0 spiro atoms. The van der Waals surface area contributed by atoms with Crippen molar-refractivity contribution >= 4 is 17.5 Å². The van der Waals surface area contributed by atoms with Gasteiger partial charge >= 0.3 is 0 Å². The zero-order valence-corrected chi connectivity index (χ0v) is 13.8. The summed E-state index contributed by atoms with van der Waals surface area (Å²) in [5.41, 5.74) is 6.32. The molecule has 2 heterocycles. The van der Waals surface area contributed by atoms with Crippen molar-refractivity contribution in [1.29, 1.82) is 0 Å². The van der Waals surface area contributed by atoms with Crippen molar-refractivity contribution in [1.82, 2.24) is 15.1 Å². The SMILES string of the molecule is NC(=O)c1ccc(NC(=O)CN2CCN([C@H]3CCNC3)CC2)cc1. The summed E-state index contributed by atoms with van der Waals surface area (Å²) in [6.45, 7) is 6.48. The summed E-state index contributed by atoms with van der Waals surface area (Å²) in [5, 5.41) is 6.27. The van der Waals surface area contributed by atoms with Gasteiger partial charge in [-0.1, -0.05) is 0 Å². The number of rotatable bonds is 5. The van der Waals surface area contributed by atoms with Gasteiger partial charge in [0.05, 0.1) is 6.54 Å². The summed E-state index contributed by atoms with van der Waals surface area (Å²) in [7, 11) is 0. The number of benzene rings is 1. The summed E-state index contributed by atoms with van der Waals surface area (Å²) in [6, 6.07) is 7.29. The first-order valence-electron chi connectivity index (χ1n) is 8.48. The highest BCUT2D eigenvalue weighted by molar-refractivity contribution is 5.95. The number of nitrogens with two attached hydrogens (primary N) is 1. The van der Waals surface area contributed by atoms with E-state index in [2.05, 4.69) is 20.4 Å². The summed E-state index contributed by atoms with van der Waals surface area (Å²) in [6.07, 6.45) is 1.22. The Balaban J connectivity index is 1.43. The molecule has 2 amide bonds. The van der Waals surface area contributed by atoms with Crippen LogP contribution in [0.4, 0.5) is 5.69 Å². The third kappa shape index (κ3) is 4.31. The van der Waals surface area contributed by atoms with Crippen molar-refractivity contribution in [2.75, 3.05) is 51.1 Å². The largest absolute Gasteiger partial charge is 0.366 e. The monoisotopic (exact) mass is 331 g/mol. The van der Waals surface area contributed by atoms with Crippen LogP contribution in [0.2, 0.25) is 0 Å². The molecule has 7 nitrogen and oxygen atoms in total. The molecular weight excluding hydrogens is 306 g/mol. The minimum Gasteiger partial charge on any atom is -0.366 e. The molecule has 1 aromatic rings. The van der Waals surface area contributed by atoms with Crippen LogP contribution in [-0.4, -0.2) is 73.5 Å². The van der Waals surface area contributed by atoms with Crippen LogP contribution in [-0.2, 0) is 4.79 Å². The highest BCUT2D eigenvalue weighted by atomic mass is 16.2. The first-order valence-corrected chi connectivity index (χ1v) is 8.48. The van der Waals surface area contributed by atoms with E-state index in [1.807, 2.05) is 0 Å². The normalized spacial score (nSPS) is 22.4. The fraction of sp³-hybridized carbons (Fsp3) is 0.529. The molecule has 1 aromatic carbocycles. The molecule has 2 aliphatic heterocycles. The molecule has 0 bridgehead atoms. The maximum absolute atomic E-state index is 12.2. The van der Waals surface area contributed by atoms with Crippen molar-refractivity contribution in [2.24, 2.45) is 5.73 Å². The number of primary amides is 1. The van der Waals surface area contributed by atoms with Gasteiger partial charge in [0, 0.05) is 50.0 Å². The number of nitrogens with zero attached hydrogens (tertiary/aromatic N) is 2. The maximum atomic E-state index is 12.2. The van der Waals surface area contributed by atoms with Gasteiger partial charge in [0.2, 0.25) is 11.8 Å². The molecule has 1 atom stereocenters. The quantitative estimate of drug-likeness (QED) is 0.689. The molecule has 2 fully saturated rings. The number of amides is 2. The van der Waals surface area contributed by atoms with E-state index in [1.54, 1.807) is 24.3 Å². The average Bonchev–Trinajstić information content (AvgIpc) is 3.10. The van der Waals surface area contributed by atoms with Crippen LogP contribution in [0.5, 0.6) is 0 Å². The molecule has 0 saturated carbocycles. The number of carbonyl (C=O) groups is 2. The fourth-order valence-corrected chi connectivity index (χ4v) is 3.36. The van der Waals surface area contributed by atoms with Gasteiger partial charge in [-0.3, -0.25) is 19.4 Å². The van der Waals surface area contributed by atoms with Crippen LogP contribution < -0.4 is 16.4 Å². The van der Waals surface area contributed by atoms with Gasteiger partial charge in [-0.2, -0.15) is 0 Å². The first-order chi connectivity index (χ1) is 11.6. The Morgan fingerprint density at radius 3 is 2.46 bits per heavy atom. The number of nitrogens with one attached hydrogen (secondary N) is 2. The summed E-state index contributed by atoms with van der Waals surface area (Å²) < 4.78 is 0. The van der Waals surface area contributed by atoms with Crippen LogP contribution >= 0.6 is 0 Å². The first kappa shape index (κ1) is 16.9. The molecule has 130 valence electrons. The Kier molecular flexibility index (Phi) is 5.44. The number of carbonyl (C=O) groups excluding carboxylic acids is 2. The Morgan fingerprint density at radius 2 is 1.88 bits per heavy atom. The standard InChI is InChI=1S/C17H25N5O2/c18-17(24)13-1-3-14(4-2-13)20-16(23)12-21-7-9-22(10-8-21)15-5-6-19-11-15/h1-4,15,19H,5-12H2,(H2,18,24)(H,20,23)/t15-/m0/s1. The summed E-state index contributed by atoms with van der Waals surface area (Å²) in [4.78, 5) is 27.9. The Hall–Kier alpha value is -1.96. The molecule has 2 saturated heterocycles. The summed E-state index contributed by atoms with van der Waals surface area (Å²) in [5.74, 6) is -0.499. The van der Waals surface area contributed by atoms with Gasteiger partial charge in [0.1, 0.15) is 0 Å². The van der Waals surface area contributed by atoms with Gasteiger partial charge < -0.3 is 16.4 Å². The zero-order chi connectivity index (χ0) is 16.9. The van der Waals surface area contributed by atoms with Gasteiger partial charge in [-0.25, -0.2) is 0 Å². The lowest BCUT2D eigenvalue weighted by Gasteiger charge is -2.37. The number of piperazine rings is 1. The predicted molar refractivity (Wildman–Crippen MR) is 92.9 cm³/mol. The second-order valence-electron chi connectivity index (χ2n) is 6.45. The van der Waals surface area contributed by atoms with Gasteiger partial charge in [0.15, 0.2) is 0 Å². The topological polar surface area (TPSA) is 90.7 Å². The fourth-order valence-electron chi connectivity index (χ4n) is 3.36. The zero-order valence-electron chi connectivity index (χ0n) is 13.8. The van der Waals surface area contributed by atoms with E-state index in [4.69, 9.17) is 5.73 Å². The molecule has 2 aliphatic rings. The third-order valence-corrected chi connectivity index (χ3v) is 4.78. The second-order valence-corrected chi connectivity index (χ2v) is 6.45. The lowest BCUT2D eigenvalue weighted by molar-refractivity contribution is -0.117. The van der Waals surface area contributed by atoms with Crippen LogP contribution in [0.15, 0.2) is 24.3 Å². The van der Waals surface area contributed by atoms with Gasteiger partial charge in [0.25, 0.3) is 0 Å². The molecule has 0 unspecified atom stereocenters. The average molecular weight is 331 g/mol. The molecule has 0 radical (unpaired) electrons. The number of hydrogen-bond donors (Lipinski definition) is 3. The van der Waals surface area contributed by atoms with Crippen molar-refractivity contribution in [2.45, 2.75) is 12.5 Å². The Labute approximate surface area is 142 Å². The highest BCUT2D eigenvalue weighted by Gasteiger charge is 2.26. The van der Waals surface area contributed by atoms with E-state index in [9.17, 15) is 9.59 Å². The van der Waals surface area contributed by atoms with Crippen molar-refractivity contribution in [3.05, 3.63) is 29.8 Å². The van der Waals surface area contributed by atoms with Crippen LogP contribution in [0.1, 0.15) is 16.8 Å². The van der Waals surface area contributed by atoms with Crippen molar-refractivity contribution < 1.29 is 9.59 Å². The van der Waals surface area contributed by atoms with Crippen LogP contribution in [0.25, 0.3) is 0 Å². The van der Waals surface area contributed by atoms with Crippen LogP contribution in [0, 0.1) is 0 Å². The second kappa shape index (κ2) is 7.74. The van der Waals surface area contributed by atoms with Gasteiger partial charge in [-0.05, 0) is 37.2 Å². The Morgan fingerprint density at radius 1 is 1.17 bits per heavy atom. The lowest BCUT2D eigenvalue weighted by atomic mass is 10.2. The molecule has 0 aliphatic carbocycles. The van der Waals surface area contributed by atoms with E-state index in [0.29, 0.717) is 23.8 Å². The molecular formula is C17H25N5O2. The molecule has 4 N–H and O–H groups in total. The van der Waals surface area contributed by atoms with Crippen molar-refractivity contribution in [3.8, 4) is 0 Å². The van der Waals surface area contributed by atoms with Crippen LogP contribution in [0.3, 0.4) is 0 Å². The molecule has 3 rings (SSSR count). The third-order valence-electron chi connectivity index (χ3n) is 4.78. The van der Waals surface area contributed by atoms with Gasteiger partial charge in [-0.15, -0.1) is 0 Å².